The first kappa shape index (κ1) is 19.1. The van der Waals surface area contributed by atoms with Crippen molar-refractivity contribution in [1.29, 1.82) is 0 Å². The number of aromatic nitrogens is 3. The number of hydrogen-bond acceptors (Lipinski definition) is 5. The summed E-state index contributed by atoms with van der Waals surface area (Å²) in [5, 5.41) is 10.8. The number of fused-ring (bicyclic) bond motifs is 1. The van der Waals surface area contributed by atoms with Crippen LogP contribution in [0.3, 0.4) is 0 Å². The topological polar surface area (TPSA) is 80.5 Å². The normalized spacial score (nSPS) is 13.2. The molecule has 1 fully saturated rings. The Morgan fingerprint density at radius 2 is 1.94 bits per heavy atom. The minimum Gasteiger partial charge on any atom is -0.497 e. The third-order valence-electron chi connectivity index (χ3n) is 5.40. The highest BCUT2D eigenvalue weighted by molar-refractivity contribution is 5.96. The number of benzene rings is 2. The lowest BCUT2D eigenvalue weighted by atomic mass is 10.1. The molecule has 2 heterocycles. The largest absolute Gasteiger partial charge is 0.497 e. The van der Waals surface area contributed by atoms with Gasteiger partial charge >= 0.3 is 0 Å². The summed E-state index contributed by atoms with van der Waals surface area (Å²) in [6, 6.07) is 17.8. The molecule has 2 aromatic heterocycles. The van der Waals surface area contributed by atoms with E-state index in [-0.39, 0.29) is 5.91 Å². The minimum atomic E-state index is -0.0125. The van der Waals surface area contributed by atoms with Gasteiger partial charge in [-0.3, -0.25) is 4.79 Å². The molecule has 156 valence electrons. The first-order chi connectivity index (χ1) is 15.1. The number of hydrogen-bond donors (Lipinski definition) is 2. The Balaban J connectivity index is 1.40. The number of anilines is 2. The van der Waals surface area contributed by atoms with Gasteiger partial charge in [-0.05, 0) is 73.4 Å². The van der Waals surface area contributed by atoms with Crippen molar-refractivity contribution in [2.24, 2.45) is 0 Å². The van der Waals surface area contributed by atoms with Gasteiger partial charge in [0.25, 0.3) is 5.91 Å². The molecule has 0 atom stereocenters. The summed E-state index contributed by atoms with van der Waals surface area (Å²) < 4.78 is 7.01. The van der Waals surface area contributed by atoms with Crippen LogP contribution in [0.4, 0.5) is 11.6 Å². The van der Waals surface area contributed by atoms with Crippen molar-refractivity contribution in [3.8, 4) is 16.9 Å². The maximum atomic E-state index is 12.3. The summed E-state index contributed by atoms with van der Waals surface area (Å²) in [6.45, 7) is 1.94. The highest BCUT2D eigenvalue weighted by Crippen LogP contribution is 2.27. The zero-order valence-corrected chi connectivity index (χ0v) is 17.4. The molecule has 1 amide bonds. The van der Waals surface area contributed by atoms with Crippen LogP contribution in [0.2, 0.25) is 0 Å². The van der Waals surface area contributed by atoms with Gasteiger partial charge in [0.2, 0.25) is 5.95 Å². The Morgan fingerprint density at radius 3 is 2.65 bits per heavy atom. The Bertz CT molecular complexity index is 1260. The number of rotatable bonds is 6. The van der Waals surface area contributed by atoms with Gasteiger partial charge in [0.1, 0.15) is 5.75 Å². The molecule has 1 aliphatic carbocycles. The van der Waals surface area contributed by atoms with Crippen molar-refractivity contribution in [2.75, 3.05) is 12.4 Å². The molecule has 0 saturated heterocycles. The molecule has 0 unspecified atom stereocenters. The lowest BCUT2D eigenvalue weighted by Crippen LogP contribution is -2.26. The van der Waals surface area contributed by atoms with Gasteiger partial charge in [-0.25, -0.2) is 4.52 Å². The van der Waals surface area contributed by atoms with Gasteiger partial charge in [-0.2, -0.15) is 4.98 Å². The molecule has 0 aliphatic heterocycles. The van der Waals surface area contributed by atoms with Crippen molar-refractivity contribution in [3.05, 3.63) is 71.9 Å². The number of aryl methyl sites for hydroxylation is 1. The molecular weight excluding hydrogens is 390 g/mol. The van der Waals surface area contributed by atoms with Crippen molar-refractivity contribution < 1.29 is 9.53 Å². The fourth-order valence-corrected chi connectivity index (χ4v) is 3.57. The van der Waals surface area contributed by atoms with E-state index in [2.05, 4.69) is 15.7 Å². The van der Waals surface area contributed by atoms with E-state index in [0.29, 0.717) is 17.6 Å². The van der Waals surface area contributed by atoms with E-state index in [4.69, 9.17) is 9.72 Å². The quantitative estimate of drug-likeness (QED) is 0.491. The molecule has 2 aromatic carbocycles. The molecule has 0 spiro atoms. The molecule has 1 aliphatic rings. The highest BCUT2D eigenvalue weighted by atomic mass is 16.5. The number of carbonyl (C=O) groups is 1. The lowest BCUT2D eigenvalue weighted by Gasteiger charge is -2.09. The number of amides is 1. The molecule has 5 rings (SSSR count). The van der Waals surface area contributed by atoms with Crippen molar-refractivity contribution >= 4 is 23.2 Å². The van der Waals surface area contributed by atoms with Gasteiger partial charge in [-0.1, -0.05) is 12.1 Å². The second kappa shape index (κ2) is 7.75. The summed E-state index contributed by atoms with van der Waals surface area (Å²) >= 11 is 0. The number of methoxy groups -OCH3 is 1. The zero-order valence-electron chi connectivity index (χ0n) is 17.4. The number of nitrogens with one attached hydrogen (secondary N) is 2. The SMILES string of the molecule is COc1ccc(-c2cccn3nc(Nc4ccc(C(=O)NC5CC5)c(C)c4)nc23)cc1. The summed E-state index contributed by atoms with van der Waals surface area (Å²) in [5.41, 5.74) is 5.21. The summed E-state index contributed by atoms with van der Waals surface area (Å²) in [4.78, 5) is 17.0. The molecule has 4 aromatic rings. The van der Waals surface area contributed by atoms with Crippen LogP contribution in [0.15, 0.2) is 60.8 Å². The molecule has 0 bridgehead atoms. The predicted molar refractivity (Wildman–Crippen MR) is 120 cm³/mol. The molecule has 7 heteroatoms. The van der Waals surface area contributed by atoms with E-state index in [0.717, 1.165) is 46.6 Å². The number of pyridine rings is 1. The monoisotopic (exact) mass is 413 g/mol. The van der Waals surface area contributed by atoms with Crippen LogP contribution in [0.1, 0.15) is 28.8 Å². The lowest BCUT2D eigenvalue weighted by molar-refractivity contribution is 0.0950. The molecule has 31 heavy (non-hydrogen) atoms. The van der Waals surface area contributed by atoms with E-state index < -0.39 is 0 Å². The van der Waals surface area contributed by atoms with Gasteiger partial charge in [0.05, 0.1) is 7.11 Å². The van der Waals surface area contributed by atoms with Crippen LogP contribution in [-0.2, 0) is 0 Å². The maximum absolute atomic E-state index is 12.3. The first-order valence-corrected chi connectivity index (χ1v) is 10.3. The average Bonchev–Trinajstić information content (AvgIpc) is 3.49. The standard InChI is InChI=1S/C24H23N5O2/c1-15-14-18(9-12-20(15)23(30)25-17-7-8-17)26-24-27-22-21(4-3-13-29(22)28-24)16-5-10-19(31-2)11-6-16/h3-6,9-14,17H,7-8H2,1-2H3,(H,25,30)(H,26,28). The van der Waals surface area contributed by atoms with Gasteiger partial charge in [0.15, 0.2) is 5.65 Å². The van der Waals surface area contributed by atoms with Crippen LogP contribution < -0.4 is 15.4 Å². The maximum Gasteiger partial charge on any atom is 0.251 e. The van der Waals surface area contributed by atoms with Crippen molar-refractivity contribution in [1.82, 2.24) is 19.9 Å². The smallest absolute Gasteiger partial charge is 0.251 e. The molecular formula is C24H23N5O2. The number of carbonyl (C=O) groups excluding carboxylic acids is 1. The predicted octanol–water partition coefficient (Wildman–Crippen LogP) is 4.35. The van der Waals surface area contributed by atoms with Gasteiger partial charge in [-0.15, -0.1) is 5.10 Å². The van der Waals surface area contributed by atoms with Crippen LogP contribution in [0, 0.1) is 6.92 Å². The Labute approximate surface area is 180 Å². The van der Waals surface area contributed by atoms with Crippen LogP contribution in [-0.4, -0.2) is 33.7 Å². The Morgan fingerprint density at radius 1 is 1.13 bits per heavy atom. The van der Waals surface area contributed by atoms with E-state index in [1.807, 2.05) is 67.7 Å². The fraction of sp³-hybridized carbons (Fsp3) is 0.208. The average molecular weight is 413 g/mol. The fourth-order valence-electron chi connectivity index (χ4n) is 3.57. The van der Waals surface area contributed by atoms with Gasteiger partial charge < -0.3 is 15.4 Å². The van der Waals surface area contributed by atoms with E-state index >= 15 is 0 Å². The molecule has 1 saturated carbocycles. The van der Waals surface area contributed by atoms with E-state index in [9.17, 15) is 4.79 Å². The second-order valence-corrected chi connectivity index (χ2v) is 7.76. The highest BCUT2D eigenvalue weighted by Gasteiger charge is 2.24. The van der Waals surface area contributed by atoms with Crippen molar-refractivity contribution in [3.63, 3.8) is 0 Å². The number of ether oxygens (including phenoxy) is 1. The van der Waals surface area contributed by atoms with Crippen LogP contribution in [0.5, 0.6) is 5.75 Å². The summed E-state index contributed by atoms with van der Waals surface area (Å²) in [6.07, 6.45) is 4.02. The van der Waals surface area contributed by atoms with Crippen LogP contribution >= 0.6 is 0 Å². The number of nitrogens with zero attached hydrogens (tertiary/aromatic N) is 3. The zero-order chi connectivity index (χ0) is 21.4. The molecule has 2 N–H and O–H groups in total. The summed E-state index contributed by atoms with van der Waals surface area (Å²) in [5.74, 6) is 1.29. The third-order valence-corrected chi connectivity index (χ3v) is 5.40. The molecule has 7 nitrogen and oxygen atoms in total. The van der Waals surface area contributed by atoms with E-state index in [1.165, 1.54) is 0 Å². The molecule has 0 radical (unpaired) electrons. The van der Waals surface area contributed by atoms with E-state index in [1.54, 1.807) is 11.6 Å². The van der Waals surface area contributed by atoms with Gasteiger partial charge in [0, 0.05) is 29.1 Å². The Kier molecular flexibility index (Phi) is 4.78. The summed E-state index contributed by atoms with van der Waals surface area (Å²) in [7, 11) is 1.65. The Hall–Kier alpha value is -3.87. The second-order valence-electron chi connectivity index (χ2n) is 7.76. The third kappa shape index (κ3) is 3.94. The minimum absolute atomic E-state index is 0.0125. The van der Waals surface area contributed by atoms with Crippen molar-refractivity contribution in [2.45, 2.75) is 25.8 Å². The first-order valence-electron chi connectivity index (χ1n) is 10.3. The van der Waals surface area contributed by atoms with Crippen LogP contribution in [0.25, 0.3) is 16.8 Å².